The number of rotatable bonds is 8. The van der Waals surface area contributed by atoms with Crippen LogP contribution in [0.1, 0.15) is 117 Å². The van der Waals surface area contributed by atoms with Gasteiger partial charge in [0.1, 0.15) is 5.82 Å². The number of piperidine rings is 2. The smallest absolute Gasteiger partial charge is 0.236 e. The Morgan fingerprint density at radius 1 is 0.841 bits per heavy atom. The summed E-state index contributed by atoms with van der Waals surface area (Å²) in [5.74, 6) is 4.99. The van der Waals surface area contributed by atoms with Gasteiger partial charge in [0.05, 0.1) is 17.6 Å². The highest BCUT2D eigenvalue weighted by Gasteiger charge is 2.49. The van der Waals surface area contributed by atoms with E-state index in [9.17, 15) is 4.79 Å². The maximum atomic E-state index is 13.1. The molecule has 2 aliphatic carbocycles. The van der Waals surface area contributed by atoms with Crippen molar-refractivity contribution in [3.8, 4) is 0 Å². The summed E-state index contributed by atoms with van der Waals surface area (Å²) < 4.78 is 2.71. The van der Waals surface area contributed by atoms with Gasteiger partial charge in [0, 0.05) is 49.7 Å². The van der Waals surface area contributed by atoms with Crippen LogP contribution in [0.3, 0.4) is 0 Å². The second-order valence-electron chi connectivity index (χ2n) is 15.7. The molecule has 2 aromatic rings. The van der Waals surface area contributed by atoms with E-state index in [4.69, 9.17) is 4.98 Å². The molecule has 5 fully saturated rings. The molecule has 1 aromatic carbocycles. The Labute approximate surface area is 266 Å². The first-order chi connectivity index (χ1) is 21.4. The number of likely N-dealkylation sites (tertiary alicyclic amines) is 1. The summed E-state index contributed by atoms with van der Waals surface area (Å²) in [6.45, 7) is 12.5. The molecule has 44 heavy (non-hydrogen) atoms. The van der Waals surface area contributed by atoms with Gasteiger partial charge in [0.15, 0.2) is 0 Å². The van der Waals surface area contributed by atoms with E-state index in [-0.39, 0.29) is 5.91 Å². The molecule has 6 nitrogen and oxygen atoms in total. The number of hydrogen-bond donors (Lipinski definition) is 0. The molecule has 4 bridgehead atoms. The van der Waals surface area contributed by atoms with E-state index < -0.39 is 0 Å². The van der Waals surface area contributed by atoms with E-state index in [1.807, 2.05) is 4.90 Å². The minimum Gasteiger partial charge on any atom is -0.342 e. The third kappa shape index (κ3) is 5.87. The number of para-hydroxylation sites is 2. The van der Waals surface area contributed by atoms with Crippen LogP contribution in [0.25, 0.3) is 11.0 Å². The Bertz CT molecular complexity index is 1250. The molecule has 0 radical (unpaired) electrons. The van der Waals surface area contributed by atoms with E-state index >= 15 is 0 Å². The number of amides is 1. The molecule has 6 heteroatoms. The summed E-state index contributed by atoms with van der Waals surface area (Å²) in [7, 11) is 0. The second-order valence-corrected chi connectivity index (χ2v) is 15.7. The van der Waals surface area contributed by atoms with Crippen molar-refractivity contribution in [1.82, 2.24) is 24.3 Å². The Kier molecular flexibility index (Phi) is 9.12. The lowest BCUT2D eigenvalue weighted by Gasteiger charge is -2.58. The van der Waals surface area contributed by atoms with Crippen molar-refractivity contribution in [2.75, 3.05) is 26.2 Å². The highest BCUT2D eigenvalue weighted by Crippen LogP contribution is 2.50. The van der Waals surface area contributed by atoms with Crippen molar-refractivity contribution in [1.29, 1.82) is 0 Å². The summed E-state index contributed by atoms with van der Waals surface area (Å²) in [4.78, 5) is 26.0. The molecule has 9 atom stereocenters. The number of likely N-dealkylation sites (N-methyl/N-ethyl adjacent to an activating group) is 1. The number of hydrogen-bond acceptors (Lipinski definition) is 4. The largest absolute Gasteiger partial charge is 0.342 e. The monoisotopic (exact) mass is 601 g/mol. The van der Waals surface area contributed by atoms with Crippen LogP contribution in [0.4, 0.5) is 0 Å². The van der Waals surface area contributed by atoms with Gasteiger partial charge in [-0.25, -0.2) is 4.98 Å². The molecule has 0 N–H and O–H groups in total. The van der Waals surface area contributed by atoms with Gasteiger partial charge in [-0.15, -0.1) is 0 Å². The molecule has 4 heterocycles. The summed E-state index contributed by atoms with van der Waals surface area (Å²) >= 11 is 0. The number of fused-ring (bicyclic) bond motifs is 5. The first-order valence-corrected chi connectivity index (χ1v) is 18.7. The Morgan fingerprint density at radius 2 is 1.52 bits per heavy atom. The van der Waals surface area contributed by atoms with Gasteiger partial charge in [-0.3, -0.25) is 14.6 Å². The first-order valence-electron chi connectivity index (χ1n) is 18.7. The topological polar surface area (TPSA) is 44.6 Å². The molecule has 1 amide bonds. The standard InChI is InChI=1S/C38H59N5O/c1-5-40(6-2)38(44)25-41-17-11-14-30(41)24-37-39-33-15-9-10-16-34(33)43(37)32-22-35-26(3)18-27(4)36(23-32)42(35)31-20-28-12-7-8-13-29(19-28)21-31/h9-10,15-16,26-32,35-36H,5-8,11-14,17-25H2,1-4H3/t26-,27+,28-,29+,30-,31?,32?,35+,36-/m0/s1. The highest BCUT2D eigenvalue weighted by atomic mass is 16.2. The van der Waals surface area contributed by atoms with Crippen molar-refractivity contribution < 1.29 is 4.79 Å². The Hall–Kier alpha value is -1.92. The molecule has 0 spiro atoms. The average molecular weight is 602 g/mol. The zero-order valence-electron chi connectivity index (χ0n) is 28.2. The van der Waals surface area contributed by atoms with Gasteiger partial charge in [-0.1, -0.05) is 51.7 Å². The maximum absolute atomic E-state index is 13.1. The Morgan fingerprint density at radius 3 is 2.20 bits per heavy atom. The van der Waals surface area contributed by atoms with E-state index in [1.165, 1.54) is 82.0 Å². The van der Waals surface area contributed by atoms with Crippen molar-refractivity contribution >= 4 is 16.9 Å². The zero-order valence-corrected chi connectivity index (χ0v) is 28.2. The van der Waals surface area contributed by atoms with Crippen LogP contribution in [0.5, 0.6) is 0 Å². The molecular formula is C38H59N5O. The van der Waals surface area contributed by atoms with E-state index in [1.54, 1.807) is 0 Å². The highest BCUT2D eigenvalue weighted by molar-refractivity contribution is 5.78. The molecular weight excluding hydrogens is 542 g/mol. The lowest BCUT2D eigenvalue weighted by Crippen LogP contribution is -2.62. The third-order valence-electron chi connectivity index (χ3n) is 13.0. The van der Waals surface area contributed by atoms with Gasteiger partial charge in [-0.2, -0.15) is 0 Å². The Balaban J connectivity index is 1.16. The number of carbonyl (C=O) groups excluding carboxylic acids is 1. The third-order valence-corrected chi connectivity index (χ3v) is 13.0. The van der Waals surface area contributed by atoms with Crippen molar-refractivity contribution in [2.24, 2.45) is 23.7 Å². The minimum atomic E-state index is 0.279. The minimum absolute atomic E-state index is 0.279. The SMILES string of the molecule is CCN(CC)C(=O)CN1CCC[C@H]1Cc1nc2ccccc2n1C1C[C@@H]2[C@@H](C)C[C@@H](C)[C@H](C1)N2C1C[C@H]2CCCC[C@@H](C1)C2. The predicted octanol–water partition coefficient (Wildman–Crippen LogP) is 7.32. The van der Waals surface area contributed by atoms with E-state index in [2.05, 4.69) is 66.3 Å². The van der Waals surface area contributed by atoms with Crippen LogP contribution in [0.2, 0.25) is 0 Å². The van der Waals surface area contributed by atoms with Crippen molar-refractivity contribution in [3.63, 3.8) is 0 Å². The van der Waals surface area contributed by atoms with Crippen molar-refractivity contribution in [2.45, 2.75) is 141 Å². The van der Waals surface area contributed by atoms with Crippen LogP contribution in [0, 0.1) is 23.7 Å². The molecule has 2 saturated carbocycles. The van der Waals surface area contributed by atoms with Crippen LogP contribution in [0.15, 0.2) is 24.3 Å². The van der Waals surface area contributed by atoms with Gasteiger partial charge in [0.2, 0.25) is 5.91 Å². The van der Waals surface area contributed by atoms with Crippen LogP contribution in [-0.4, -0.2) is 80.5 Å². The normalized spacial score (nSPS) is 36.4. The number of aromatic nitrogens is 2. The summed E-state index contributed by atoms with van der Waals surface area (Å²) in [5, 5.41) is 0. The molecule has 7 rings (SSSR count). The van der Waals surface area contributed by atoms with Gasteiger partial charge >= 0.3 is 0 Å². The van der Waals surface area contributed by atoms with Gasteiger partial charge in [-0.05, 0) is 108 Å². The summed E-state index contributed by atoms with van der Waals surface area (Å²) in [5.41, 5.74) is 2.48. The lowest BCUT2D eigenvalue weighted by atomic mass is 9.68. The quantitative estimate of drug-likeness (QED) is 0.318. The fraction of sp³-hybridized carbons (Fsp3) is 0.789. The zero-order chi connectivity index (χ0) is 30.4. The first kappa shape index (κ1) is 30.7. The summed E-state index contributed by atoms with van der Waals surface area (Å²) in [6, 6.07) is 12.0. The van der Waals surface area contributed by atoms with Crippen LogP contribution in [-0.2, 0) is 11.2 Å². The number of nitrogens with zero attached hydrogens (tertiary/aromatic N) is 5. The van der Waals surface area contributed by atoms with Crippen molar-refractivity contribution in [3.05, 3.63) is 30.1 Å². The predicted molar refractivity (Wildman–Crippen MR) is 180 cm³/mol. The number of carbonyl (C=O) groups is 1. The molecule has 1 aromatic heterocycles. The van der Waals surface area contributed by atoms with E-state index in [0.29, 0.717) is 30.7 Å². The molecule has 5 aliphatic rings. The lowest BCUT2D eigenvalue weighted by molar-refractivity contribution is -0.132. The fourth-order valence-corrected chi connectivity index (χ4v) is 11.0. The molecule has 2 unspecified atom stereocenters. The van der Waals surface area contributed by atoms with Gasteiger partial charge in [0.25, 0.3) is 0 Å². The average Bonchev–Trinajstić information content (AvgIpc) is 3.57. The van der Waals surface area contributed by atoms with E-state index in [0.717, 1.165) is 67.7 Å². The van der Waals surface area contributed by atoms with Crippen LogP contribution >= 0.6 is 0 Å². The van der Waals surface area contributed by atoms with Crippen LogP contribution < -0.4 is 0 Å². The number of benzene rings is 1. The molecule has 3 aliphatic heterocycles. The molecule has 3 saturated heterocycles. The number of imidazole rings is 1. The maximum Gasteiger partial charge on any atom is 0.236 e. The fourth-order valence-electron chi connectivity index (χ4n) is 11.0. The molecule has 242 valence electrons. The van der Waals surface area contributed by atoms with Gasteiger partial charge < -0.3 is 9.47 Å². The summed E-state index contributed by atoms with van der Waals surface area (Å²) in [6.07, 6.45) is 17.5. The second kappa shape index (κ2) is 13.1.